The van der Waals surface area contributed by atoms with Gasteiger partial charge in [-0.25, -0.2) is 4.98 Å². The maximum atomic E-state index is 4.84. The molecule has 2 fully saturated rings. The molecule has 0 radical (unpaired) electrons. The lowest BCUT2D eigenvalue weighted by Gasteiger charge is -2.46. The van der Waals surface area contributed by atoms with Crippen molar-refractivity contribution in [1.82, 2.24) is 9.88 Å². The lowest BCUT2D eigenvalue weighted by molar-refractivity contribution is 0.174. The summed E-state index contributed by atoms with van der Waals surface area (Å²) in [5, 5.41) is 0. The molecule has 1 aromatic heterocycles. The Kier molecular flexibility index (Phi) is 2.99. The van der Waals surface area contributed by atoms with E-state index in [1.165, 1.54) is 55.7 Å². The van der Waals surface area contributed by atoms with Gasteiger partial charge in [-0.05, 0) is 56.6 Å². The standard InChI is InChI=1S/C17H25N3/c1-12(2)19-7-8-20-16(11-19)6-5-14-9-15(13-3-4-13)10-18-17(14)20/h9-10,12-13,16H,3-8,11H2,1-2H3. The van der Waals surface area contributed by atoms with Crippen LogP contribution in [-0.2, 0) is 6.42 Å². The van der Waals surface area contributed by atoms with Gasteiger partial charge in [0.05, 0.1) is 0 Å². The van der Waals surface area contributed by atoms with Gasteiger partial charge in [-0.15, -0.1) is 0 Å². The van der Waals surface area contributed by atoms with Crippen molar-refractivity contribution in [2.24, 2.45) is 0 Å². The van der Waals surface area contributed by atoms with Crippen molar-refractivity contribution in [3.05, 3.63) is 23.4 Å². The van der Waals surface area contributed by atoms with Gasteiger partial charge in [0.15, 0.2) is 0 Å². The van der Waals surface area contributed by atoms with Crippen LogP contribution < -0.4 is 4.90 Å². The number of aromatic nitrogens is 1. The predicted molar refractivity (Wildman–Crippen MR) is 82.4 cm³/mol. The summed E-state index contributed by atoms with van der Waals surface area (Å²) >= 11 is 0. The number of hydrogen-bond donors (Lipinski definition) is 0. The minimum absolute atomic E-state index is 0.670. The van der Waals surface area contributed by atoms with Gasteiger partial charge in [-0.1, -0.05) is 6.07 Å². The van der Waals surface area contributed by atoms with Crippen molar-refractivity contribution in [3.63, 3.8) is 0 Å². The van der Waals surface area contributed by atoms with Crippen molar-refractivity contribution in [2.75, 3.05) is 24.5 Å². The van der Waals surface area contributed by atoms with Gasteiger partial charge in [0.25, 0.3) is 0 Å². The van der Waals surface area contributed by atoms with Crippen LogP contribution in [0.5, 0.6) is 0 Å². The third-order valence-electron chi connectivity index (χ3n) is 5.28. The van der Waals surface area contributed by atoms with E-state index in [1.54, 1.807) is 0 Å². The number of aryl methyl sites for hydroxylation is 1. The summed E-state index contributed by atoms with van der Waals surface area (Å²) < 4.78 is 0. The molecule has 3 heterocycles. The molecule has 3 nitrogen and oxygen atoms in total. The molecule has 0 N–H and O–H groups in total. The monoisotopic (exact) mass is 271 g/mol. The lowest BCUT2D eigenvalue weighted by Crippen LogP contribution is -2.56. The summed E-state index contributed by atoms with van der Waals surface area (Å²) in [6, 6.07) is 3.80. The summed E-state index contributed by atoms with van der Waals surface area (Å²) in [4.78, 5) is 10.0. The third-order valence-corrected chi connectivity index (χ3v) is 5.28. The average Bonchev–Trinajstić information content (AvgIpc) is 3.30. The van der Waals surface area contributed by atoms with E-state index in [1.807, 2.05) is 0 Å². The zero-order chi connectivity index (χ0) is 13.7. The molecule has 3 heteroatoms. The molecule has 1 aliphatic carbocycles. The fraction of sp³-hybridized carbons (Fsp3) is 0.706. The molecule has 1 unspecified atom stereocenters. The molecule has 20 heavy (non-hydrogen) atoms. The number of anilines is 1. The van der Waals surface area contributed by atoms with Gasteiger partial charge in [0.2, 0.25) is 0 Å². The molecule has 3 aliphatic rings. The summed E-state index contributed by atoms with van der Waals surface area (Å²) in [7, 11) is 0. The Balaban J connectivity index is 1.58. The molecule has 0 bridgehead atoms. The second kappa shape index (κ2) is 4.73. The normalized spacial score (nSPS) is 26.6. The Morgan fingerprint density at radius 1 is 1.20 bits per heavy atom. The highest BCUT2D eigenvalue weighted by atomic mass is 15.3. The second-order valence-electron chi connectivity index (χ2n) is 7.00. The molecule has 1 atom stereocenters. The summed E-state index contributed by atoms with van der Waals surface area (Å²) in [6.07, 6.45) is 7.40. The zero-order valence-electron chi connectivity index (χ0n) is 12.7. The number of hydrogen-bond acceptors (Lipinski definition) is 3. The fourth-order valence-corrected chi connectivity index (χ4v) is 3.80. The largest absolute Gasteiger partial charge is 0.351 e. The van der Waals surface area contributed by atoms with Crippen molar-refractivity contribution in [2.45, 2.75) is 57.5 Å². The number of nitrogens with zero attached hydrogens (tertiary/aromatic N) is 3. The van der Waals surface area contributed by atoms with Crippen LogP contribution in [0.15, 0.2) is 12.3 Å². The third kappa shape index (κ3) is 2.12. The van der Waals surface area contributed by atoms with Crippen molar-refractivity contribution >= 4 is 5.82 Å². The number of fused-ring (bicyclic) bond motifs is 3. The molecule has 4 rings (SSSR count). The number of pyridine rings is 1. The van der Waals surface area contributed by atoms with Crippen LogP contribution in [0.4, 0.5) is 5.82 Å². The maximum Gasteiger partial charge on any atom is 0.132 e. The van der Waals surface area contributed by atoms with E-state index < -0.39 is 0 Å². The molecule has 108 valence electrons. The van der Waals surface area contributed by atoms with Gasteiger partial charge in [-0.3, -0.25) is 4.90 Å². The van der Waals surface area contributed by atoms with Crippen molar-refractivity contribution in [1.29, 1.82) is 0 Å². The Morgan fingerprint density at radius 2 is 2.05 bits per heavy atom. The molecule has 0 aromatic carbocycles. The van der Waals surface area contributed by atoms with Gasteiger partial charge in [-0.2, -0.15) is 0 Å². The highest BCUT2D eigenvalue weighted by molar-refractivity contribution is 5.52. The fourth-order valence-electron chi connectivity index (χ4n) is 3.80. The van der Waals surface area contributed by atoms with Crippen LogP contribution in [0.1, 0.15) is 50.2 Å². The molecular weight excluding hydrogens is 246 g/mol. The van der Waals surface area contributed by atoms with Crippen LogP contribution in [-0.4, -0.2) is 41.6 Å². The molecule has 1 saturated heterocycles. The summed E-state index contributed by atoms with van der Waals surface area (Å²) in [6.45, 7) is 8.16. The van der Waals surface area contributed by atoms with Gasteiger partial charge >= 0.3 is 0 Å². The van der Waals surface area contributed by atoms with E-state index in [0.717, 1.165) is 12.5 Å². The molecular formula is C17H25N3. The van der Waals surface area contributed by atoms with E-state index in [2.05, 4.69) is 35.9 Å². The van der Waals surface area contributed by atoms with Crippen LogP contribution in [0.2, 0.25) is 0 Å². The van der Waals surface area contributed by atoms with E-state index in [0.29, 0.717) is 12.1 Å². The van der Waals surface area contributed by atoms with Crippen LogP contribution in [0, 0.1) is 0 Å². The zero-order valence-corrected chi connectivity index (χ0v) is 12.7. The summed E-state index contributed by atoms with van der Waals surface area (Å²) in [5.41, 5.74) is 2.99. The topological polar surface area (TPSA) is 19.4 Å². The minimum atomic E-state index is 0.670. The maximum absolute atomic E-state index is 4.84. The highest BCUT2D eigenvalue weighted by Crippen LogP contribution is 2.42. The second-order valence-corrected chi connectivity index (χ2v) is 7.00. The molecule has 0 spiro atoms. The number of rotatable bonds is 2. The molecule has 2 aliphatic heterocycles. The van der Waals surface area contributed by atoms with Gasteiger partial charge < -0.3 is 4.90 Å². The molecule has 1 saturated carbocycles. The highest BCUT2D eigenvalue weighted by Gasteiger charge is 2.34. The van der Waals surface area contributed by atoms with E-state index >= 15 is 0 Å². The van der Waals surface area contributed by atoms with E-state index in [-0.39, 0.29) is 0 Å². The summed E-state index contributed by atoms with van der Waals surface area (Å²) in [5.74, 6) is 2.11. The first kappa shape index (κ1) is 12.6. The smallest absolute Gasteiger partial charge is 0.132 e. The van der Waals surface area contributed by atoms with E-state index in [9.17, 15) is 0 Å². The van der Waals surface area contributed by atoms with Gasteiger partial charge in [0, 0.05) is 37.9 Å². The van der Waals surface area contributed by atoms with E-state index in [4.69, 9.17) is 4.98 Å². The predicted octanol–water partition coefficient (Wildman–Crippen LogP) is 2.80. The Bertz CT molecular complexity index is 507. The first-order valence-electron chi connectivity index (χ1n) is 8.22. The molecule has 0 amide bonds. The Morgan fingerprint density at radius 3 is 2.80 bits per heavy atom. The Labute approximate surface area is 122 Å². The van der Waals surface area contributed by atoms with Gasteiger partial charge in [0.1, 0.15) is 5.82 Å². The van der Waals surface area contributed by atoms with Crippen LogP contribution in [0.25, 0.3) is 0 Å². The average molecular weight is 271 g/mol. The van der Waals surface area contributed by atoms with Crippen molar-refractivity contribution in [3.8, 4) is 0 Å². The first-order valence-corrected chi connectivity index (χ1v) is 8.22. The van der Waals surface area contributed by atoms with Crippen LogP contribution >= 0.6 is 0 Å². The Hall–Kier alpha value is -1.09. The lowest BCUT2D eigenvalue weighted by atomic mass is 9.94. The number of piperazine rings is 1. The quantitative estimate of drug-likeness (QED) is 0.824. The SMILES string of the molecule is CC(C)N1CCN2c3ncc(C4CC4)cc3CCC2C1. The first-order chi connectivity index (χ1) is 9.72. The van der Waals surface area contributed by atoms with Crippen molar-refractivity contribution < 1.29 is 0 Å². The minimum Gasteiger partial charge on any atom is -0.351 e. The molecule has 1 aromatic rings. The van der Waals surface area contributed by atoms with Crippen LogP contribution in [0.3, 0.4) is 0 Å².